The fraction of sp³-hybridized carbons (Fsp3) is 0.0833. The minimum Gasteiger partial charge on any atom is -0.280 e. The van der Waals surface area contributed by atoms with E-state index < -0.39 is 23.2 Å². The number of hydrogen-bond donors (Lipinski definition) is 0. The van der Waals surface area contributed by atoms with Crippen molar-refractivity contribution in [1.82, 2.24) is 19.2 Å². The van der Waals surface area contributed by atoms with Gasteiger partial charge < -0.3 is 0 Å². The first-order chi connectivity index (χ1) is 9.88. The highest BCUT2D eigenvalue weighted by atomic mass is 35.5. The normalized spacial score (nSPS) is 12.0. The first-order valence-electron chi connectivity index (χ1n) is 5.67. The van der Waals surface area contributed by atoms with E-state index >= 15 is 0 Å². The maximum atomic E-state index is 12.7. The topological polar surface area (TPSA) is 52.2 Å². The number of aromatic nitrogens is 4. The third-order valence-electron chi connectivity index (χ3n) is 2.81. The van der Waals surface area contributed by atoms with Gasteiger partial charge in [-0.25, -0.2) is 0 Å². The van der Waals surface area contributed by atoms with E-state index in [0.717, 1.165) is 10.8 Å². The van der Waals surface area contributed by atoms with Crippen LogP contribution in [0.15, 0.2) is 41.5 Å². The predicted octanol–water partition coefficient (Wildman–Crippen LogP) is 2.55. The van der Waals surface area contributed by atoms with Crippen LogP contribution >= 0.6 is 11.6 Å². The van der Waals surface area contributed by atoms with E-state index in [4.69, 9.17) is 11.6 Å². The van der Waals surface area contributed by atoms with E-state index in [2.05, 4.69) is 10.2 Å². The molecule has 0 N–H and O–H groups in total. The summed E-state index contributed by atoms with van der Waals surface area (Å²) in [7, 11) is 0. The summed E-state index contributed by atoms with van der Waals surface area (Å²) in [6.45, 7) is 0. The quantitative estimate of drug-likeness (QED) is 0.693. The molecule has 0 amide bonds. The molecular formula is C12H6ClF3N4O. The second-order valence-corrected chi connectivity index (χ2v) is 4.60. The Kier molecular flexibility index (Phi) is 2.98. The van der Waals surface area contributed by atoms with E-state index in [1.807, 2.05) is 0 Å². The Morgan fingerprint density at radius 1 is 1.14 bits per heavy atom. The number of hydrogen-bond acceptors (Lipinski definition) is 3. The van der Waals surface area contributed by atoms with Crippen LogP contribution in [0.2, 0.25) is 5.02 Å². The number of fused-ring (bicyclic) bond motifs is 1. The smallest absolute Gasteiger partial charge is 0.280 e. The van der Waals surface area contributed by atoms with Crippen molar-refractivity contribution < 1.29 is 13.2 Å². The number of benzene rings is 1. The highest BCUT2D eigenvalue weighted by Gasteiger charge is 2.37. The molecule has 0 radical (unpaired) electrons. The zero-order chi connectivity index (χ0) is 15.2. The monoisotopic (exact) mass is 314 g/mol. The Hall–Kier alpha value is -2.35. The van der Waals surface area contributed by atoms with Crippen molar-refractivity contribution in [3.05, 3.63) is 57.9 Å². The first kappa shape index (κ1) is 13.6. The van der Waals surface area contributed by atoms with Gasteiger partial charge >= 0.3 is 11.7 Å². The van der Waals surface area contributed by atoms with E-state index in [9.17, 15) is 18.0 Å². The standard InChI is InChI=1S/C12H6ClF3N4O/c13-7-2-1-3-8(6-7)19-4-5-20-9(10(19)21)17-18-11(20)12(14,15)16/h1-6H. The molecule has 9 heteroatoms. The molecule has 1 aromatic carbocycles. The van der Waals surface area contributed by atoms with Gasteiger partial charge in [0.25, 0.3) is 0 Å². The van der Waals surface area contributed by atoms with Gasteiger partial charge in [-0.1, -0.05) is 17.7 Å². The lowest BCUT2D eigenvalue weighted by atomic mass is 10.3. The summed E-state index contributed by atoms with van der Waals surface area (Å²) in [6.07, 6.45) is -2.39. The highest BCUT2D eigenvalue weighted by molar-refractivity contribution is 6.30. The summed E-state index contributed by atoms with van der Waals surface area (Å²) in [5, 5.41) is 6.75. The van der Waals surface area contributed by atoms with Crippen LogP contribution in [0, 0.1) is 0 Å². The van der Waals surface area contributed by atoms with Crippen LogP contribution in [-0.4, -0.2) is 19.2 Å². The third-order valence-corrected chi connectivity index (χ3v) is 3.05. The number of halogens is 4. The average molecular weight is 315 g/mol. The Bertz CT molecular complexity index is 884. The van der Waals surface area contributed by atoms with Crippen LogP contribution in [0.1, 0.15) is 5.82 Å². The fourth-order valence-electron chi connectivity index (χ4n) is 1.91. The molecule has 0 saturated heterocycles. The SMILES string of the molecule is O=c1c2nnc(C(F)(F)F)n2ccn1-c1cccc(Cl)c1. The molecule has 0 unspecified atom stereocenters. The molecule has 0 spiro atoms. The summed E-state index contributed by atoms with van der Waals surface area (Å²) in [6, 6.07) is 6.36. The summed E-state index contributed by atoms with van der Waals surface area (Å²) in [4.78, 5) is 12.2. The van der Waals surface area contributed by atoms with Gasteiger partial charge in [0.05, 0.1) is 5.69 Å². The molecule has 3 aromatic rings. The van der Waals surface area contributed by atoms with Gasteiger partial charge in [0.1, 0.15) is 0 Å². The van der Waals surface area contributed by atoms with Crippen molar-refractivity contribution in [2.45, 2.75) is 6.18 Å². The maximum absolute atomic E-state index is 12.7. The summed E-state index contributed by atoms with van der Waals surface area (Å²) < 4.78 is 39.9. The summed E-state index contributed by atoms with van der Waals surface area (Å²) in [5.41, 5.74) is -0.709. The van der Waals surface area contributed by atoms with Crippen LogP contribution in [0.4, 0.5) is 13.2 Å². The number of alkyl halides is 3. The largest absolute Gasteiger partial charge is 0.452 e. The van der Waals surface area contributed by atoms with Crippen molar-refractivity contribution in [2.75, 3.05) is 0 Å². The van der Waals surface area contributed by atoms with Gasteiger partial charge in [0.2, 0.25) is 11.5 Å². The maximum Gasteiger partial charge on any atom is 0.452 e. The van der Waals surface area contributed by atoms with E-state index in [0.29, 0.717) is 15.1 Å². The second kappa shape index (κ2) is 4.59. The molecular weight excluding hydrogens is 309 g/mol. The average Bonchev–Trinajstić information content (AvgIpc) is 2.83. The van der Waals surface area contributed by atoms with Crippen molar-refractivity contribution >= 4 is 17.2 Å². The molecule has 0 aliphatic heterocycles. The van der Waals surface area contributed by atoms with Crippen LogP contribution in [-0.2, 0) is 6.18 Å². The minimum absolute atomic E-state index is 0.400. The zero-order valence-corrected chi connectivity index (χ0v) is 10.9. The number of nitrogens with zero attached hydrogens (tertiary/aromatic N) is 4. The Labute approximate surface area is 120 Å². The summed E-state index contributed by atoms with van der Waals surface area (Å²) >= 11 is 5.83. The van der Waals surface area contributed by atoms with Gasteiger partial charge in [0.15, 0.2) is 0 Å². The summed E-state index contributed by atoms with van der Waals surface area (Å²) in [5.74, 6) is -1.24. The lowest BCUT2D eigenvalue weighted by Gasteiger charge is -2.07. The van der Waals surface area contributed by atoms with Crippen molar-refractivity contribution in [3.8, 4) is 5.69 Å². The van der Waals surface area contributed by atoms with E-state index in [1.54, 1.807) is 18.2 Å². The molecule has 0 saturated carbocycles. The highest BCUT2D eigenvalue weighted by Crippen LogP contribution is 2.27. The van der Waals surface area contributed by atoms with Gasteiger partial charge in [-0.15, -0.1) is 10.2 Å². The molecule has 108 valence electrons. The van der Waals surface area contributed by atoms with Crippen LogP contribution in [0.3, 0.4) is 0 Å². The fourth-order valence-corrected chi connectivity index (χ4v) is 2.09. The zero-order valence-electron chi connectivity index (χ0n) is 10.2. The van der Waals surface area contributed by atoms with Crippen LogP contribution in [0.25, 0.3) is 11.3 Å². The third kappa shape index (κ3) is 2.27. The van der Waals surface area contributed by atoms with Crippen molar-refractivity contribution in [1.29, 1.82) is 0 Å². The molecule has 2 heterocycles. The lowest BCUT2D eigenvalue weighted by Crippen LogP contribution is -2.21. The molecule has 21 heavy (non-hydrogen) atoms. The van der Waals surface area contributed by atoms with Gasteiger partial charge in [-0.05, 0) is 18.2 Å². The molecule has 0 bridgehead atoms. The predicted molar refractivity (Wildman–Crippen MR) is 68.6 cm³/mol. The van der Waals surface area contributed by atoms with Gasteiger partial charge in [0, 0.05) is 17.4 Å². The molecule has 0 aliphatic carbocycles. The second-order valence-electron chi connectivity index (χ2n) is 4.17. The molecule has 5 nitrogen and oxygen atoms in total. The first-order valence-corrected chi connectivity index (χ1v) is 6.05. The Balaban J connectivity index is 2.25. The van der Waals surface area contributed by atoms with Crippen LogP contribution < -0.4 is 5.56 Å². The van der Waals surface area contributed by atoms with Crippen LogP contribution in [0.5, 0.6) is 0 Å². The molecule has 3 rings (SSSR count). The van der Waals surface area contributed by atoms with Gasteiger partial charge in [-0.2, -0.15) is 13.2 Å². The lowest BCUT2D eigenvalue weighted by molar-refractivity contribution is -0.145. The minimum atomic E-state index is -4.69. The Morgan fingerprint density at radius 2 is 1.90 bits per heavy atom. The molecule has 0 fully saturated rings. The molecule has 2 aromatic heterocycles. The molecule has 0 aliphatic rings. The number of rotatable bonds is 1. The van der Waals surface area contributed by atoms with E-state index in [-0.39, 0.29) is 0 Å². The van der Waals surface area contributed by atoms with Gasteiger partial charge in [-0.3, -0.25) is 13.8 Å². The Morgan fingerprint density at radius 3 is 2.57 bits per heavy atom. The van der Waals surface area contributed by atoms with Crippen molar-refractivity contribution in [2.24, 2.45) is 0 Å². The molecule has 0 atom stereocenters. The van der Waals surface area contributed by atoms with E-state index in [1.165, 1.54) is 12.3 Å². The van der Waals surface area contributed by atoms with Crippen molar-refractivity contribution in [3.63, 3.8) is 0 Å².